The van der Waals surface area contributed by atoms with E-state index in [1.165, 1.54) is 57.7 Å². The summed E-state index contributed by atoms with van der Waals surface area (Å²) in [6.07, 6.45) is 2.68. The van der Waals surface area contributed by atoms with E-state index >= 15 is 0 Å². The largest absolute Gasteiger partial charge is 0.314 e. The van der Waals surface area contributed by atoms with Gasteiger partial charge in [-0.3, -0.25) is 9.80 Å². The fourth-order valence-corrected chi connectivity index (χ4v) is 2.87. The first-order chi connectivity index (χ1) is 7.75. The Morgan fingerprint density at radius 3 is 2.38 bits per heavy atom. The molecule has 3 heteroatoms. The third-order valence-corrected chi connectivity index (χ3v) is 3.72. The molecule has 2 rings (SSSR count). The van der Waals surface area contributed by atoms with Crippen LogP contribution in [0.2, 0.25) is 0 Å². The summed E-state index contributed by atoms with van der Waals surface area (Å²) in [7, 11) is 0. The highest BCUT2D eigenvalue weighted by Gasteiger charge is 2.24. The number of nitrogens with one attached hydrogen (secondary N) is 1. The molecule has 0 aromatic carbocycles. The van der Waals surface area contributed by atoms with Gasteiger partial charge in [0.2, 0.25) is 0 Å². The standard InChI is InChI=1S/C13H25N3/c1-12(2)11-15-7-3-13(4-8-15)16-9-5-14-6-10-16/h13-14H,1,3-11H2,2H3. The molecule has 0 aromatic rings. The lowest BCUT2D eigenvalue weighted by atomic mass is 10.0. The van der Waals surface area contributed by atoms with E-state index in [2.05, 4.69) is 28.6 Å². The lowest BCUT2D eigenvalue weighted by molar-refractivity contribution is 0.102. The molecule has 0 atom stereocenters. The van der Waals surface area contributed by atoms with Crippen LogP contribution in [-0.2, 0) is 0 Å². The molecule has 1 N–H and O–H groups in total. The Hall–Kier alpha value is -0.380. The molecule has 0 radical (unpaired) electrons. The van der Waals surface area contributed by atoms with Gasteiger partial charge in [0, 0.05) is 38.8 Å². The molecule has 0 aromatic heterocycles. The van der Waals surface area contributed by atoms with Gasteiger partial charge in [0.1, 0.15) is 0 Å². The van der Waals surface area contributed by atoms with Gasteiger partial charge in [0.05, 0.1) is 0 Å². The van der Waals surface area contributed by atoms with Crippen molar-refractivity contribution in [3.8, 4) is 0 Å². The summed E-state index contributed by atoms with van der Waals surface area (Å²) >= 11 is 0. The average molecular weight is 223 g/mol. The summed E-state index contributed by atoms with van der Waals surface area (Å²) in [4.78, 5) is 5.22. The van der Waals surface area contributed by atoms with E-state index in [-0.39, 0.29) is 0 Å². The number of likely N-dealkylation sites (tertiary alicyclic amines) is 1. The van der Waals surface area contributed by atoms with Crippen molar-refractivity contribution in [1.82, 2.24) is 15.1 Å². The highest BCUT2D eigenvalue weighted by molar-refractivity contribution is 4.93. The van der Waals surface area contributed by atoms with Crippen LogP contribution in [0.1, 0.15) is 19.8 Å². The summed E-state index contributed by atoms with van der Waals surface area (Å²) in [6, 6.07) is 0.837. The maximum Gasteiger partial charge on any atom is 0.0187 e. The van der Waals surface area contributed by atoms with Crippen molar-refractivity contribution in [2.75, 3.05) is 45.8 Å². The highest BCUT2D eigenvalue weighted by atomic mass is 15.2. The normalized spacial score (nSPS) is 25.8. The summed E-state index contributed by atoms with van der Waals surface area (Å²) in [5.41, 5.74) is 1.29. The Balaban J connectivity index is 1.73. The molecule has 3 nitrogen and oxygen atoms in total. The predicted octanol–water partition coefficient (Wildman–Crippen LogP) is 0.932. The summed E-state index contributed by atoms with van der Waals surface area (Å²) in [5, 5.41) is 3.43. The van der Waals surface area contributed by atoms with E-state index < -0.39 is 0 Å². The monoisotopic (exact) mass is 223 g/mol. The van der Waals surface area contributed by atoms with Gasteiger partial charge in [0.15, 0.2) is 0 Å². The molecule has 0 saturated carbocycles. The first-order valence-electron chi connectivity index (χ1n) is 6.57. The minimum absolute atomic E-state index is 0.837. The van der Waals surface area contributed by atoms with E-state index in [0.29, 0.717) is 0 Å². The van der Waals surface area contributed by atoms with Crippen molar-refractivity contribution in [3.63, 3.8) is 0 Å². The Morgan fingerprint density at radius 2 is 1.81 bits per heavy atom. The van der Waals surface area contributed by atoms with Gasteiger partial charge in [-0.1, -0.05) is 12.2 Å². The van der Waals surface area contributed by atoms with E-state index in [1.54, 1.807) is 0 Å². The van der Waals surface area contributed by atoms with Crippen LogP contribution < -0.4 is 5.32 Å². The molecule has 2 fully saturated rings. The number of nitrogens with zero attached hydrogens (tertiary/aromatic N) is 2. The van der Waals surface area contributed by atoms with Gasteiger partial charge >= 0.3 is 0 Å². The summed E-state index contributed by atoms with van der Waals surface area (Å²) in [6.45, 7) is 14.5. The van der Waals surface area contributed by atoms with Gasteiger partial charge in [-0.25, -0.2) is 0 Å². The number of piperidine rings is 1. The Morgan fingerprint density at radius 1 is 1.19 bits per heavy atom. The second kappa shape index (κ2) is 5.80. The molecular formula is C13H25N3. The summed E-state index contributed by atoms with van der Waals surface area (Å²) in [5.74, 6) is 0. The minimum atomic E-state index is 0.837. The van der Waals surface area contributed by atoms with Crippen molar-refractivity contribution >= 4 is 0 Å². The first kappa shape index (κ1) is 12.1. The number of rotatable bonds is 3. The Kier molecular flexibility index (Phi) is 4.38. The van der Waals surface area contributed by atoms with Crippen LogP contribution in [-0.4, -0.2) is 61.7 Å². The lowest BCUT2D eigenvalue weighted by Gasteiger charge is -2.40. The smallest absolute Gasteiger partial charge is 0.0187 e. The third kappa shape index (κ3) is 3.30. The lowest BCUT2D eigenvalue weighted by Crippen LogP contribution is -2.52. The zero-order valence-corrected chi connectivity index (χ0v) is 10.5. The van der Waals surface area contributed by atoms with Crippen molar-refractivity contribution in [3.05, 3.63) is 12.2 Å². The van der Waals surface area contributed by atoms with Gasteiger partial charge in [0.25, 0.3) is 0 Å². The Labute approximate surface area is 99.5 Å². The van der Waals surface area contributed by atoms with E-state index in [9.17, 15) is 0 Å². The van der Waals surface area contributed by atoms with Crippen molar-refractivity contribution in [1.29, 1.82) is 0 Å². The van der Waals surface area contributed by atoms with Crippen LogP contribution in [0.25, 0.3) is 0 Å². The molecule has 2 heterocycles. The molecule has 0 aliphatic carbocycles. The predicted molar refractivity (Wildman–Crippen MR) is 68.7 cm³/mol. The van der Waals surface area contributed by atoms with Gasteiger partial charge in [-0.05, 0) is 32.9 Å². The van der Waals surface area contributed by atoms with E-state index in [4.69, 9.17) is 0 Å². The fraction of sp³-hybridized carbons (Fsp3) is 0.846. The molecule has 0 spiro atoms. The van der Waals surface area contributed by atoms with Crippen molar-refractivity contribution in [2.24, 2.45) is 0 Å². The molecule has 0 bridgehead atoms. The van der Waals surface area contributed by atoms with Crippen LogP contribution in [0.15, 0.2) is 12.2 Å². The third-order valence-electron chi connectivity index (χ3n) is 3.72. The van der Waals surface area contributed by atoms with Gasteiger partial charge in [-0.2, -0.15) is 0 Å². The molecular weight excluding hydrogens is 198 g/mol. The summed E-state index contributed by atoms with van der Waals surface area (Å²) < 4.78 is 0. The van der Waals surface area contributed by atoms with Crippen molar-refractivity contribution in [2.45, 2.75) is 25.8 Å². The minimum Gasteiger partial charge on any atom is -0.314 e. The van der Waals surface area contributed by atoms with Crippen LogP contribution in [0, 0.1) is 0 Å². The maximum atomic E-state index is 4.00. The number of piperazine rings is 1. The SMILES string of the molecule is C=C(C)CN1CCC(N2CCNCC2)CC1. The molecule has 16 heavy (non-hydrogen) atoms. The molecule has 2 aliphatic heterocycles. The fourth-order valence-electron chi connectivity index (χ4n) is 2.87. The van der Waals surface area contributed by atoms with Gasteiger partial charge in [-0.15, -0.1) is 0 Å². The molecule has 2 saturated heterocycles. The molecule has 0 unspecified atom stereocenters. The molecule has 92 valence electrons. The van der Waals surface area contributed by atoms with E-state index in [0.717, 1.165) is 12.6 Å². The van der Waals surface area contributed by atoms with Gasteiger partial charge < -0.3 is 5.32 Å². The highest BCUT2D eigenvalue weighted by Crippen LogP contribution is 2.17. The second-order valence-electron chi connectivity index (χ2n) is 5.25. The Bertz CT molecular complexity index is 225. The van der Waals surface area contributed by atoms with Crippen LogP contribution in [0.3, 0.4) is 0 Å². The van der Waals surface area contributed by atoms with Crippen LogP contribution in [0.4, 0.5) is 0 Å². The maximum absolute atomic E-state index is 4.00. The zero-order valence-electron chi connectivity index (χ0n) is 10.5. The molecule has 2 aliphatic rings. The zero-order chi connectivity index (χ0) is 11.4. The van der Waals surface area contributed by atoms with Crippen LogP contribution >= 0.6 is 0 Å². The average Bonchev–Trinajstić information content (AvgIpc) is 2.30. The van der Waals surface area contributed by atoms with E-state index in [1.807, 2.05) is 0 Å². The second-order valence-corrected chi connectivity index (χ2v) is 5.25. The van der Waals surface area contributed by atoms with Crippen molar-refractivity contribution < 1.29 is 0 Å². The number of hydrogen-bond donors (Lipinski definition) is 1. The molecule has 0 amide bonds. The quantitative estimate of drug-likeness (QED) is 0.718. The first-order valence-corrected chi connectivity index (χ1v) is 6.57. The number of hydrogen-bond acceptors (Lipinski definition) is 3. The van der Waals surface area contributed by atoms with Crippen LogP contribution in [0.5, 0.6) is 0 Å². The topological polar surface area (TPSA) is 18.5 Å².